The van der Waals surface area contributed by atoms with E-state index in [0.29, 0.717) is 16.4 Å². The molecule has 2 rings (SSSR count). The number of halogens is 3. The summed E-state index contributed by atoms with van der Waals surface area (Å²) in [5.41, 5.74) is 0.999. The SMILES string of the molecule is COc1ccc(NCC(=O)Nc2cccc(Cl)c2)cc1OC(F)F. The van der Waals surface area contributed by atoms with Gasteiger partial charge in [-0.2, -0.15) is 8.78 Å². The highest BCUT2D eigenvalue weighted by atomic mass is 35.5. The highest BCUT2D eigenvalue weighted by molar-refractivity contribution is 6.30. The summed E-state index contributed by atoms with van der Waals surface area (Å²) in [5.74, 6) is -0.263. The first-order valence-corrected chi connectivity index (χ1v) is 7.28. The largest absolute Gasteiger partial charge is 0.493 e. The van der Waals surface area contributed by atoms with Crippen LogP contribution < -0.4 is 20.1 Å². The van der Waals surface area contributed by atoms with E-state index in [1.807, 2.05) is 0 Å². The zero-order valence-corrected chi connectivity index (χ0v) is 13.4. The number of hydrogen-bond donors (Lipinski definition) is 2. The standard InChI is InChI=1S/C16H15ClF2N2O3/c1-23-13-6-5-11(8-14(13)24-16(18)19)20-9-15(22)21-12-4-2-3-10(17)7-12/h2-8,16,20H,9H2,1H3,(H,21,22). The van der Waals surface area contributed by atoms with E-state index in [9.17, 15) is 13.6 Å². The number of anilines is 2. The molecule has 0 bridgehead atoms. The van der Waals surface area contributed by atoms with Crippen LogP contribution in [-0.2, 0) is 4.79 Å². The minimum atomic E-state index is -2.97. The van der Waals surface area contributed by atoms with Crippen molar-refractivity contribution >= 4 is 28.9 Å². The first-order chi connectivity index (χ1) is 11.5. The maximum Gasteiger partial charge on any atom is 0.387 e. The topological polar surface area (TPSA) is 59.6 Å². The van der Waals surface area contributed by atoms with E-state index in [0.717, 1.165) is 0 Å². The van der Waals surface area contributed by atoms with Gasteiger partial charge < -0.3 is 20.1 Å². The minimum absolute atomic E-state index is 0.0625. The Hall–Kier alpha value is -2.54. The van der Waals surface area contributed by atoms with Gasteiger partial charge in [-0.25, -0.2) is 0 Å². The predicted octanol–water partition coefficient (Wildman–Crippen LogP) is 4.00. The second kappa shape index (κ2) is 8.35. The van der Waals surface area contributed by atoms with Crippen molar-refractivity contribution in [2.45, 2.75) is 6.61 Å². The van der Waals surface area contributed by atoms with Crippen LogP contribution >= 0.6 is 11.6 Å². The fourth-order valence-corrected chi connectivity index (χ4v) is 2.12. The fourth-order valence-electron chi connectivity index (χ4n) is 1.93. The Balaban J connectivity index is 1.97. The first-order valence-electron chi connectivity index (χ1n) is 6.90. The molecule has 0 spiro atoms. The maximum atomic E-state index is 12.4. The van der Waals surface area contributed by atoms with E-state index < -0.39 is 6.61 Å². The van der Waals surface area contributed by atoms with Crippen LogP contribution in [0.15, 0.2) is 42.5 Å². The molecule has 0 fully saturated rings. The average Bonchev–Trinajstić information content (AvgIpc) is 2.52. The number of ether oxygens (including phenoxy) is 2. The number of nitrogens with one attached hydrogen (secondary N) is 2. The van der Waals surface area contributed by atoms with Gasteiger partial charge in [-0.1, -0.05) is 17.7 Å². The Labute approximate surface area is 142 Å². The second-order valence-electron chi connectivity index (χ2n) is 4.66. The molecule has 128 valence electrons. The Bertz CT molecular complexity index is 713. The molecule has 0 aliphatic heterocycles. The van der Waals surface area contributed by atoms with Gasteiger partial charge in [-0.3, -0.25) is 4.79 Å². The monoisotopic (exact) mass is 356 g/mol. The lowest BCUT2D eigenvalue weighted by atomic mass is 10.2. The van der Waals surface area contributed by atoms with Crippen LogP contribution in [0.2, 0.25) is 5.02 Å². The van der Waals surface area contributed by atoms with Crippen molar-refractivity contribution in [2.75, 3.05) is 24.3 Å². The van der Waals surface area contributed by atoms with Gasteiger partial charge in [0.15, 0.2) is 11.5 Å². The lowest BCUT2D eigenvalue weighted by molar-refractivity contribution is -0.114. The number of methoxy groups -OCH3 is 1. The van der Waals surface area contributed by atoms with Crippen molar-refractivity contribution in [1.29, 1.82) is 0 Å². The smallest absolute Gasteiger partial charge is 0.387 e. The van der Waals surface area contributed by atoms with Gasteiger partial charge in [0.1, 0.15) is 0 Å². The fraction of sp³-hybridized carbons (Fsp3) is 0.188. The molecule has 24 heavy (non-hydrogen) atoms. The van der Waals surface area contributed by atoms with Gasteiger partial charge in [0.2, 0.25) is 5.91 Å². The molecule has 0 saturated carbocycles. The van der Waals surface area contributed by atoms with Crippen molar-refractivity contribution < 1.29 is 23.0 Å². The van der Waals surface area contributed by atoms with Gasteiger partial charge in [0.25, 0.3) is 0 Å². The summed E-state index contributed by atoms with van der Waals surface area (Å²) in [6, 6.07) is 11.1. The second-order valence-corrected chi connectivity index (χ2v) is 5.09. The van der Waals surface area contributed by atoms with Crippen LogP contribution in [0, 0.1) is 0 Å². The van der Waals surface area contributed by atoms with Gasteiger partial charge in [0.05, 0.1) is 13.7 Å². The van der Waals surface area contributed by atoms with Crippen LogP contribution in [0.25, 0.3) is 0 Å². The third kappa shape index (κ3) is 5.27. The van der Waals surface area contributed by atoms with E-state index in [1.165, 1.54) is 19.2 Å². The van der Waals surface area contributed by atoms with Gasteiger partial charge >= 0.3 is 6.61 Å². The Morgan fingerprint density at radius 1 is 1.17 bits per heavy atom. The Morgan fingerprint density at radius 2 is 1.96 bits per heavy atom. The van der Waals surface area contributed by atoms with Gasteiger partial charge in [-0.15, -0.1) is 0 Å². The van der Waals surface area contributed by atoms with Crippen LogP contribution in [0.5, 0.6) is 11.5 Å². The van der Waals surface area contributed by atoms with Crippen molar-refractivity contribution in [3.05, 3.63) is 47.5 Å². The molecule has 0 unspecified atom stereocenters. The van der Waals surface area contributed by atoms with Crippen molar-refractivity contribution in [3.63, 3.8) is 0 Å². The number of carbonyl (C=O) groups is 1. The Kier molecular flexibility index (Phi) is 6.20. The maximum absolute atomic E-state index is 12.4. The molecular formula is C16H15ClF2N2O3. The molecule has 0 aromatic heterocycles. The zero-order chi connectivity index (χ0) is 17.5. The molecule has 0 atom stereocenters. The molecular weight excluding hydrogens is 342 g/mol. The lowest BCUT2D eigenvalue weighted by Gasteiger charge is -2.13. The molecule has 0 radical (unpaired) electrons. The molecule has 1 amide bonds. The number of carbonyl (C=O) groups excluding carboxylic acids is 1. The molecule has 0 heterocycles. The normalized spacial score (nSPS) is 10.4. The number of amides is 1. The summed E-state index contributed by atoms with van der Waals surface area (Å²) < 4.78 is 34.1. The van der Waals surface area contributed by atoms with E-state index in [2.05, 4.69) is 15.4 Å². The third-order valence-electron chi connectivity index (χ3n) is 2.94. The van der Waals surface area contributed by atoms with Crippen LogP contribution in [0.4, 0.5) is 20.2 Å². The van der Waals surface area contributed by atoms with E-state index in [1.54, 1.807) is 30.3 Å². The number of benzene rings is 2. The number of alkyl halides is 2. The average molecular weight is 357 g/mol. The summed E-state index contributed by atoms with van der Waals surface area (Å²) in [4.78, 5) is 11.9. The van der Waals surface area contributed by atoms with Crippen molar-refractivity contribution in [2.24, 2.45) is 0 Å². The van der Waals surface area contributed by atoms with Crippen molar-refractivity contribution in [1.82, 2.24) is 0 Å². The highest BCUT2D eigenvalue weighted by Crippen LogP contribution is 2.31. The number of rotatable bonds is 7. The summed E-state index contributed by atoms with van der Waals surface area (Å²) >= 11 is 5.83. The molecule has 8 heteroatoms. The molecule has 2 aromatic carbocycles. The summed E-state index contributed by atoms with van der Waals surface area (Å²) in [6.07, 6.45) is 0. The molecule has 0 aliphatic carbocycles. The lowest BCUT2D eigenvalue weighted by Crippen LogP contribution is -2.21. The highest BCUT2D eigenvalue weighted by Gasteiger charge is 2.12. The number of hydrogen-bond acceptors (Lipinski definition) is 4. The van der Waals surface area contributed by atoms with Gasteiger partial charge in [0, 0.05) is 22.5 Å². The zero-order valence-electron chi connectivity index (χ0n) is 12.7. The van der Waals surface area contributed by atoms with E-state index >= 15 is 0 Å². The predicted molar refractivity (Wildman–Crippen MR) is 88.2 cm³/mol. The van der Waals surface area contributed by atoms with E-state index in [-0.39, 0.29) is 24.0 Å². The molecule has 0 saturated heterocycles. The van der Waals surface area contributed by atoms with E-state index in [4.69, 9.17) is 16.3 Å². The van der Waals surface area contributed by atoms with Gasteiger partial charge in [-0.05, 0) is 30.3 Å². The molecule has 2 N–H and O–H groups in total. The van der Waals surface area contributed by atoms with Crippen molar-refractivity contribution in [3.8, 4) is 11.5 Å². The Morgan fingerprint density at radius 3 is 2.62 bits per heavy atom. The van der Waals surface area contributed by atoms with Crippen LogP contribution in [-0.4, -0.2) is 26.2 Å². The van der Waals surface area contributed by atoms with Crippen LogP contribution in [0.3, 0.4) is 0 Å². The summed E-state index contributed by atoms with van der Waals surface area (Å²) in [7, 11) is 1.35. The summed E-state index contributed by atoms with van der Waals surface area (Å²) in [5, 5.41) is 5.98. The molecule has 2 aromatic rings. The minimum Gasteiger partial charge on any atom is -0.493 e. The third-order valence-corrected chi connectivity index (χ3v) is 3.18. The molecule has 0 aliphatic rings. The summed E-state index contributed by atoms with van der Waals surface area (Å²) in [6.45, 7) is -3.03. The first kappa shape index (κ1) is 17.8. The molecule has 5 nitrogen and oxygen atoms in total. The van der Waals surface area contributed by atoms with Crippen LogP contribution in [0.1, 0.15) is 0 Å². The quantitative estimate of drug-likeness (QED) is 0.787.